The van der Waals surface area contributed by atoms with E-state index in [2.05, 4.69) is 12.2 Å². The van der Waals surface area contributed by atoms with E-state index in [0.717, 1.165) is 17.5 Å². The van der Waals surface area contributed by atoms with Crippen molar-refractivity contribution in [3.63, 3.8) is 0 Å². The van der Waals surface area contributed by atoms with E-state index in [1.54, 1.807) is 4.90 Å². The average molecular weight is 274 g/mol. The summed E-state index contributed by atoms with van der Waals surface area (Å²) in [7, 11) is 0. The van der Waals surface area contributed by atoms with Crippen molar-refractivity contribution in [1.29, 1.82) is 0 Å². The van der Waals surface area contributed by atoms with Crippen LogP contribution in [0, 0.1) is 5.92 Å². The van der Waals surface area contributed by atoms with Crippen molar-refractivity contribution >= 4 is 12.0 Å². The van der Waals surface area contributed by atoms with Gasteiger partial charge in [-0.1, -0.05) is 31.2 Å². The Morgan fingerprint density at radius 1 is 1.35 bits per heavy atom. The molecule has 1 aliphatic carbocycles. The summed E-state index contributed by atoms with van der Waals surface area (Å²) in [6.07, 6.45) is 1.01. The fourth-order valence-electron chi connectivity index (χ4n) is 2.75. The molecule has 0 radical (unpaired) electrons. The minimum absolute atomic E-state index is 0.153. The van der Waals surface area contributed by atoms with Gasteiger partial charge < -0.3 is 15.3 Å². The van der Waals surface area contributed by atoms with Crippen LogP contribution in [0.25, 0.3) is 0 Å². The van der Waals surface area contributed by atoms with Crippen LogP contribution in [-0.2, 0) is 11.3 Å². The van der Waals surface area contributed by atoms with E-state index in [4.69, 9.17) is 0 Å². The number of aliphatic carboxylic acids is 1. The number of hydrogen-bond donors (Lipinski definition) is 2. The van der Waals surface area contributed by atoms with Gasteiger partial charge in [0, 0.05) is 19.1 Å². The summed E-state index contributed by atoms with van der Waals surface area (Å²) in [4.78, 5) is 25.2. The summed E-state index contributed by atoms with van der Waals surface area (Å²) >= 11 is 0. The van der Waals surface area contributed by atoms with Gasteiger partial charge in [0.2, 0.25) is 0 Å². The summed E-state index contributed by atoms with van der Waals surface area (Å²) in [5.41, 5.74) is 1.74. The minimum atomic E-state index is -0.880. The first-order valence-corrected chi connectivity index (χ1v) is 6.92. The average Bonchev–Trinajstić information content (AvgIpc) is 3.12. The highest BCUT2D eigenvalue weighted by Gasteiger charge is 2.37. The zero-order valence-corrected chi connectivity index (χ0v) is 11.4. The number of carboxylic acid groups (broad SMARTS) is 1. The first kappa shape index (κ1) is 13.0. The third kappa shape index (κ3) is 2.35. The summed E-state index contributed by atoms with van der Waals surface area (Å²) in [6.45, 7) is 2.81. The molecule has 3 unspecified atom stereocenters. The second-order valence-electron chi connectivity index (χ2n) is 5.74. The third-order valence-electron chi connectivity index (χ3n) is 4.20. The number of urea groups is 1. The van der Waals surface area contributed by atoms with Crippen molar-refractivity contribution in [3.05, 3.63) is 35.4 Å². The molecule has 0 aromatic heterocycles. The molecule has 1 heterocycles. The van der Waals surface area contributed by atoms with Crippen molar-refractivity contribution in [1.82, 2.24) is 10.2 Å². The van der Waals surface area contributed by atoms with Gasteiger partial charge in [-0.2, -0.15) is 0 Å². The van der Waals surface area contributed by atoms with Crippen LogP contribution in [0.2, 0.25) is 0 Å². The molecule has 5 heteroatoms. The van der Waals surface area contributed by atoms with E-state index >= 15 is 0 Å². The van der Waals surface area contributed by atoms with Crippen molar-refractivity contribution < 1.29 is 14.7 Å². The Morgan fingerprint density at radius 2 is 2.05 bits per heavy atom. The summed E-state index contributed by atoms with van der Waals surface area (Å²) in [5, 5.41) is 12.3. The minimum Gasteiger partial charge on any atom is -0.481 e. The predicted octanol–water partition coefficient (Wildman–Crippen LogP) is 1.79. The van der Waals surface area contributed by atoms with Gasteiger partial charge >= 0.3 is 12.0 Å². The number of fused-ring (bicyclic) bond motifs is 1. The number of nitrogens with one attached hydrogen (secondary N) is 1. The lowest BCUT2D eigenvalue weighted by Gasteiger charge is -2.32. The number of rotatable bonds is 2. The number of carboxylic acids is 1. The molecule has 0 bridgehead atoms. The van der Waals surface area contributed by atoms with Gasteiger partial charge in [-0.3, -0.25) is 4.79 Å². The highest BCUT2D eigenvalue weighted by atomic mass is 16.4. The van der Waals surface area contributed by atoms with Crippen LogP contribution in [0.4, 0.5) is 4.79 Å². The van der Waals surface area contributed by atoms with Gasteiger partial charge in [0.25, 0.3) is 0 Å². The van der Waals surface area contributed by atoms with Crippen LogP contribution in [-0.4, -0.2) is 34.6 Å². The third-order valence-corrected chi connectivity index (χ3v) is 4.20. The molecule has 3 rings (SSSR count). The molecule has 0 spiro atoms. The van der Waals surface area contributed by atoms with Crippen LogP contribution in [0.15, 0.2) is 24.3 Å². The Labute approximate surface area is 117 Å². The maximum atomic E-state index is 12.2. The molecule has 106 valence electrons. The largest absolute Gasteiger partial charge is 0.481 e. The zero-order chi connectivity index (χ0) is 14.3. The molecule has 1 aromatic rings. The highest BCUT2D eigenvalue weighted by Crippen LogP contribution is 2.31. The van der Waals surface area contributed by atoms with Crippen LogP contribution in [0.3, 0.4) is 0 Å². The molecule has 1 fully saturated rings. The standard InChI is InChI=1S/C15H18N2O3/c1-9-6-13(9)16-15(20)17-7-10-4-2-3-5-11(10)12(8-17)14(18)19/h2-5,9,12-13H,6-8H2,1H3,(H,16,20)(H,18,19). The van der Waals surface area contributed by atoms with Crippen LogP contribution >= 0.6 is 0 Å². The topological polar surface area (TPSA) is 69.6 Å². The second-order valence-corrected chi connectivity index (χ2v) is 5.74. The molecule has 3 atom stereocenters. The van der Waals surface area contributed by atoms with Crippen LogP contribution < -0.4 is 5.32 Å². The van der Waals surface area contributed by atoms with Gasteiger partial charge in [0.15, 0.2) is 0 Å². The summed E-state index contributed by atoms with van der Waals surface area (Å²) in [5.74, 6) is -0.983. The molecule has 2 amide bonds. The van der Waals surface area contributed by atoms with E-state index in [9.17, 15) is 14.7 Å². The van der Waals surface area contributed by atoms with Crippen LogP contribution in [0.5, 0.6) is 0 Å². The monoisotopic (exact) mass is 274 g/mol. The van der Waals surface area contributed by atoms with E-state index in [1.165, 1.54) is 0 Å². The Morgan fingerprint density at radius 3 is 2.70 bits per heavy atom. The Hall–Kier alpha value is -2.04. The Balaban J connectivity index is 1.79. The van der Waals surface area contributed by atoms with Gasteiger partial charge in [-0.05, 0) is 23.5 Å². The number of hydrogen-bond acceptors (Lipinski definition) is 2. The molecule has 2 N–H and O–H groups in total. The number of benzene rings is 1. The zero-order valence-electron chi connectivity index (χ0n) is 11.4. The lowest BCUT2D eigenvalue weighted by molar-refractivity contribution is -0.139. The molecule has 1 aliphatic heterocycles. The van der Waals surface area contributed by atoms with Crippen molar-refractivity contribution in [2.24, 2.45) is 5.92 Å². The first-order valence-electron chi connectivity index (χ1n) is 6.92. The van der Waals surface area contributed by atoms with E-state index in [0.29, 0.717) is 12.5 Å². The van der Waals surface area contributed by atoms with Gasteiger partial charge in [-0.25, -0.2) is 4.79 Å². The van der Waals surface area contributed by atoms with E-state index < -0.39 is 11.9 Å². The fraction of sp³-hybridized carbons (Fsp3) is 0.467. The van der Waals surface area contributed by atoms with Gasteiger partial charge in [0.1, 0.15) is 0 Å². The SMILES string of the molecule is CC1CC1NC(=O)N1Cc2ccccc2C(C(=O)O)C1. The molecule has 2 aliphatic rings. The second kappa shape index (κ2) is 4.81. The normalized spacial score (nSPS) is 27.6. The number of nitrogens with zero attached hydrogens (tertiary/aromatic N) is 1. The van der Waals surface area contributed by atoms with Crippen molar-refractivity contribution in [3.8, 4) is 0 Å². The number of amides is 2. The lowest BCUT2D eigenvalue weighted by atomic mass is 9.90. The molecular formula is C15H18N2O3. The molecule has 20 heavy (non-hydrogen) atoms. The lowest BCUT2D eigenvalue weighted by Crippen LogP contribution is -2.46. The van der Waals surface area contributed by atoms with Crippen molar-refractivity contribution in [2.75, 3.05) is 6.54 Å². The Bertz CT molecular complexity index is 558. The smallest absolute Gasteiger partial charge is 0.317 e. The molecule has 0 saturated heterocycles. The highest BCUT2D eigenvalue weighted by molar-refractivity contribution is 5.81. The molecule has 1 aromatic carbocycles. The number of carbonyl (C=O) groups excluding carboxylic acids is 1. The maximum absolute atomic E-state index is 12.2. The summed E-state index contributed by atoms with van der Waals surface area (Å²) in [6, 6.07) is 7.55. The van der Waals surface area contributed by atoms with Crippen molar-refractivity contribution in [2.45, 2.75) is 31.8 Å². The van der Waals surface area contributed by atoms with Crippen LogP contribution in [0.1, 0.15) is 30.4 Å². The number of carbonyl (C=O) groups is 2. The van der Waals surface area contributed by atoms with Gasteiger partial charge in [0.05, 0.1) is 5.92 Å². The molecular weight excluding hydrogens is 256 g/mol. The maximum Gasteiger partial charge on any atom is 0.317 e. The predicted molar refractivity (Wildman–Crippen MR) is 73.3 cm³/mol. The quantitative estimate of drug-likeness (QED) is 0.863. The molecule has 5 nitrogen and oxygen atoms in total. The molecule has 1 saturated carbocycles. The first-order chi connectivity index (χ1) is 9.56. The van der Waals surface area contributed by atoms with Gasteiger partial charge in [-0.15, -0.1) is 0 Å². The van der Waals surface area contributed by atoms with E-state index in [1.807, 2.05) is 24.3 Å². The fourth-order valence-corrected chi connectivity index (χ4v) is 2.75. The Kier molecular flexibility index (Phi) is 3.12. The summed E-state index contributed by atoms with van der Waals surface area (Å²) < 4.78 is 0. The van der Waals surface area contributed by atoms with E-state index in [-0.39, 0.29) is 18.6 Å².